The minimum Gasteiger partial charge on any atom is -0.495 e. The van der Waals surface area contributed by atoms with Crippen LogP contribution in [-0.4, -0.2) is 26.2 Å². The first kappa shape index (κ1) is 15.2. The van der Waals surface area contributed by atoms with Crippen molar-refractivity contribution in [2.45, 2.75) is 12.8 Å². The van der Waals surface area contributed by atoms with Gasteiger partial charge in [-0.25, -0.2) is 4.79 Å². The largest absolute Gasteiger partial charge is 0.495 e. The van der Waals surface area contributed by atoms with Crippen molar-refractivity contribution in [2.24, 2.45) is 0 Å². The minimum atomic E-state index is -0.284. The summed E-state index contributed by atoms with van der Waals surface area (Å²) in [4.78, 5) is 14.5. The standard InChI is InChI=1S/C18H21N3O2/c1-23-17-10-9-15(21-11-5-6-12-21)13-16(17)20-18(22)19-14-7-3-2-4-8-14/h2-4,7-10,13H,5-6,11-12H2,1H3,(H2,19,20,22). The number of nitrogens with one attached hydrogen (secondary N) is 2. The zero-order valence-electron chi connectivity index (χ0n) is 13.2. The first-order valence-corrected chi connectivity index (χ1v) is 7.82. The molecular weight excluding hydrogens is 290 g/mol. The predicted molar refractivity (Wildman–Crippen MR) is 93.5 cm³/mol. The highest BCUT2D eigenvalue weighted by Crippen LogP contribution is 2.31. The van der Waals surface area contributed by atoms with Crippen LogP contribution in [0.2, 0.25) is 0 Å². The van der Waals surface area contributed by atoms with E-state index in [4.69, 9.17) is 4.74 Å². The van der Waals surface area contributed by atoms with Crippen LogP contribution in [0.15, 0.2) is 48.5 Å². The third-order valence-electron chi connectivity index (χ3n) is 3.93. The number of nitrogens with zero attached hydrogens (tertiary/aromatic N) is 1. The van der Waals surface area contributed by atoms with E-state index in [2.05, 4.69) is 15.5 Å². The fourth-order valence-corrected chi connectivity index (χ4v) is 2.77. The van der Waals surface area contributed by atoms with Gasteiger partial charge in [0.15, 0.2) is 0 Å². The fourth-order valence-electron chi connectivity index (χ4n) is 2.77. The molecule has 23 heavy (non-hydrogen) atoms. The number of amides is 2. The molecule has 0 aromatic heterocycles. The number of carbonyl (C=O) groups excluding carboxylic acids is 1. The summed E-state index contributed by atoms with van der Waals surface area (Å²) < 4.78 is 5.35. The maximum absolute atomic E-state index is 12.2. The van der Waals surface area contributed by atoms with E-state index in [0.717, 1.165) is 24.5 Å². The maximum Gasteiger partial charge on any atom is 0.323 e. The Morgan fingerprint density at radius 3 is 2.48 bits per heavy atom. The van der Waals surface area contributed by atoms with Crippen molar-refractivity contribution < 1.29 is 9.53 Å². The summed E-state index contributed by atoms with van der Waals surface area (Å²) in [5.74, 6) is 0.649. The number of para-hydroxylation sites is 1. The molecule has 5 nitrogen and oxygen atoms in total. The number of carbonyl (C=O) groups is 1. The summed E-state index contributed by atoms with van der Waals surface area (Å²) in [6.07, 6.45) is 2.42. The molecule has 0 saturated carbocycles. The van der Waals surface area contributed by atoms with Crippen LogP contribution in [0.4, 0.5) is 21.9 Å². The molecule has 5 heteroatoms. The number of benzene rings is 2. The second kappa shape index (κ2) is 7.05. The third-order valence-corrected chi connectivity index (χ3v) is 3.93. The van der Waals surface area contributed by atoms with Crippen LogP contribution >= 0.6 is 0 Å². The van der Waals surface area contributed by atoms with Crippen LogP contribution in [0.3, 0.4) is 0 Å². The number of rotatable bonds is 4. The van der Waals surface area contributed by atoms with Crippen LogP contribution in [0.1, 0.15) is 12.8 Å². The summed E-state index contributed by atoms with van der Waals surface area (Å²) in [5.41, 5.74) is 2.53. The van der Waals surface area contributed by atoms with Gasteiger partial charge in [-0.2, -0.15) is 0 Å². The van der Waals surface area contributed by atoms with Crippen LogP contribution in [0, 0.1) is 0 Å². The molecule has 1 aliphatic rings. The van der Waals surface area contributed by atoms with Gasteiger partial charge in [-0.05, 0) is 43.2 Å². The molecule has 2 aromatic carbocycles. The Balaban J connectivity index is 1.74. The SMILES string of the molecule is COc1ccc(N2CCCC2)cc1NC(=O)Nc1ccccc1. The molecule has 0 bridgehead atoms. The molecule has 0 radical (unpaired) electrons. The smallest absolute Gasteiger partial charge is 0.323 e. The molecule has 1 fully saturated rings. The highest BCUT2D eigenvalue weighted by molar-refractivity contribution is 6.01. The molecule has 3 rings (SSSR count). The van der Waals surface area contributed by atoms with Crippen LogP contribution in [0.5, 0.6) is 5.75 Å². The highest BCUT2D eigenvalue weighted by Gasteiger charge is 2.15. The zero-order chi connectivity index (χ0) is 16.1. The van der Waals surface area contributed by atoms with Crippen LogP contribution in [-0.2, 0) is 0 Å². The molecule has 120 valence electrons. The van der Waals surface area contributed by atoms with Gasteiger partial charge in [0.25, 0.3) is 0 Å². The van der Waals surface area contributed by atoms with Crippen molar-refractivity contribution >= 4 is 23.1 Å². The molecule has 2 N–H and O–H groups in total. The lowest BCUT2D eigenvalue weighted by Crippen LogP contribution is -2.21. The van der Waals surface area contributed by atoms with Crippen molar-refractivity contribution in [1.29, 1.82) is 0 Å². The third kappa shape index (κ3) is 3.74. The van der Waals surface area contributed by atoms with Gasteiger partial charge in [0.05, 0.1) is 12.8 Å². The Morgan fingerprint density at radius 2 is 1.78 bits per heavy atom. The van der Waals surface area contributed by atoms with Gasteiger partial charge in [-0.1, -0.05) is 18.2 Å². The number of anilines is 3. The monoisotopic (exact) mass is 311 g/mol. The second-order valence-corrected chi connectivity index (χ2v) is 5.52. The van der Waals surface area contributed by atoms with Gasteiger partial charge in [-0.3, -0.25) is 0 Å². The highest BCUT2D eigenvalue weighted by atomic mass is 16.5. The first-order chi connectivity index (χ1) is 11.3. The summed E-state index contributed by atoms with van der Waals surface area (Å²) in [7, 11) is 1.60. The van der Waals surface area contributed by atoms with E-state index < -0.39 is 0 Å². The van der Waals surface area contributed by atoms with Crippen LogP contribution < -0.4 is 20.3 Å². The number of hydrogen-bond donors (Lipinski definition) is 2. The van der Waals surface area contributed by atoms with Crippen molar-refractivity contribution in [3.63, 3.8) is 0 Å². The lowest BCUT2D eigenvalue weighted by atomic mass is 10.2. The van der Waals surface area contributed by atoms with Gasteiger partial charge in [0.2, 0.25) is 0 Å². The molecule has 1 saturated heterocycles. The quantitative estimate of drug-likeness (QED) is 0.899. The average Bonchev–Trinajstić information content (AvgIpc) is 3.10. The van der Waals surface area contributed by atoms with E-state index in [1.165, 1.54) is 12.8 Å². The first-order valence-electron chi connectivity index (χ1n) is 7.82. The van der Waals surface area contributed by atoms with Crippen molar-refractivity contribution in [1.82, 2.24) is 0 Å². The number of ether oxygens (including phenoxy) is 1. The van der Waals surface area contributed by atoms with E-state index in [1.54, 1.807) is 7.11 Å². The molecule has 1 heterocycles. The molecule has 0 unspecified atom stereocenters. The number of urea groups is 1. The van der Waals surface area contributed by atoms with E-state index >= 15 is 0 Å². The second-order valence-electron chi connectivity index (χ2n) is 5.52. The Kier molecular flexibility index (Phi) is 4.66. The number of hydrogen-bond acceptors (Lipinski definition) is 3. The molecule has 2 aromatic rings. The zero-order valence-corrected chi connectivity index (χ0v) is 13.2. The van der Waals surface area contributed by atoms with E-state index in [0.29, 0.717) is 11.4 Å². The average molecular weight is 311 g/mol. The van der Waals surface area contributed by atoms with Gasteiger partial charge in [0, 0.05) is 24.5 Å². The normalized spacial score (nSPS) is 13.7. The molecular formula is C18H21N3O2. The van der Waals surface area contributed by atoms with Gasteiger partial charge < -0.3 is 20.3 Å². The topological polar surface area (TPSA) is 53.6 Å². The Bertz CT molecular complexity index is 667. The van der Waals surface area contributed by atoms with E-state index in [1.807, 2.05) is 48.5 Å². The minimum absolute atomic E-state index is 0.284. The summed E-state index contributed by atoms with van der Waals surface area (Å²) >= 11 is 0. The van der Waals surface area contributed by atoms with Crippen LogP contribution in [0.25, 0.3) is 0 Å². The lowest BCUT2D eigenvalue weighted by molar-refractivity contribution is 0.262. The molecule has 0 aliphatic carbocycles. The fraction of sp³-hybridized carbons (Fsp3) is 0.278. The Hall–Kier alpha value is -2.69. The maximum atomic E-state index is 12.2. The van der Waals surface area contributed by atoms with Crippen molar-refractivity contribution in [3.8, 4) is 5.75 Å². The van der Waals surface area contributed by atoms with E-state index in [9.17, 15) is 4.79 Å². The van der Waals surface area contributed by atoms with Gasteiger partial charge in [-0.15, -0.1) is 0 Å². The number of methoxy groups -OCH3 is 1. The van der Waals surface area contributed by atoms with Gasteiger partial charge >= 0.3 is 6.03 Å². The summed E-state index contributed by atoms with van der Waals surface area (Å²) in [5, 5.41) is 5.68. The predicted octanol–water partition coefficient (Wildman–Crippen LogP) is 3.94. The Labute approximate surface area is 136 Å². The Morgan fingerprint density at radius 1 is 1.04 bits per heavy atom. The summed E-state index contributed by atoms with van der Waals surface area (Å²) in [6.45, 7) is 2.12. The molecule has 0 atom stereocenters. The van der Waals surface area contributed by atoms with E-state index in [-0.39, 0.29) is 6.03 Å². The molecule has 0 spiro atoms. The van der Waals surface area contributed by atoms with Crippen molar-refractivity contribution in [2.75, 3.05) is 35.7 Å². The summed E-state index contributed by atoms with van der Waals surface area (Å²) in [6, 6.07) is 15.0. The lowest BCUT2D eigenvalue weighted by Gasteiger charge is -2.20. The van der Waals surface area contributed by atoms with Gasteiger partial charge in [0.1, 0.15) is 5.75 Å². The van der Waals surface area contributed by atoms with Crippen molar-refractivity contribution in [3.05, 3.63) is 48.5 Å². The molecule has 2 amide bonds. The molecule has 1 aliphatic heterocycles.